The molecule has 0 saturated carbocycles. The van der Waals surface area contributed by atoms with Crippen molar-refractivity contribution in [1.29, 1.82) is 0 Å². The normalized spacial score (nSPS) is 31.5. The molecule has 2 heterocycles. The van der Waals surface area contributed by atoms with Gasteiger partial charge in [0.25, 0.3) is 11.8 Å². The molecular formula is C8H11F2NO2. The fourth-order valence-electron chi connectivity index (χ4n) is 1.56. The Balaban J connectivity index is 1.91. The first kappa shape index (κ1) is 8.87. The number of halogens is 2. The summed E-state index contributed by atoms with van der Waals surface area (Å²) in [7, 11) is 0. The first-order valence-corrected chi connectivity index (χ1v) is 4.37. The lowest BCUT2D eigenvalue weighted by atomic mass is 10.1. The third-order valence-electron chi connectivity index (χ3n) is 2.46. The van der Waals surface area contributed by atoms with Crippen molar-refractivity contribution in [2.45, 2.75) is 24.9 Å². The Morgan fingerprint density at radius 1 is 1.54 bits per heavy atom. The molecule has 2 aliphatic heterocycles. The number of hydrogen-bond donors (Lipinski definition) is 0. The molecule has 2 saturated heterocycles. The third-order valence-corrected chi connectivity index (χ3v) is 2.46. The van der Waals surface area contributed by atoms with Crippen LogP contribution < -0.4 is 0 Å². The first-order valence-electron chi connectivity index (χ1n) is 4.37. The van der Waals surface area contributed by atoms with Gasteiger partial charge in [-0.15, -0.1) is 0 Å². The maximum atomic E-state index is 12.7. The average molecular weight is 191 g/mol. The number of nitrogens with zero attached hydrogens (tertiary/aromatic N) is 1. The summed E-state index contributed by atoms with van der Waals surface area (Å²) in [5.74, 6) is -2.97. The van der Waals surface area contributed by atoms with Crippen LogP contribution in [-0.2, 0) is 9.53 Å². The van der Waals surface area contributed by atoms with Crippen LogP contribution in [0.3, 0.4) is 0 Å². The molecule has 0 spiro atoms. The smallest absolute Gasteiger partial charge is 0.267 e. The lowest BCUT2D eigenvalue weighted by Crippen LogP contribution is -2.45. The predicted octanol–water partition coefficient (Wildman–Crippen LogP) is 0.643. The van der Waals surface area contributed by atoms with Crippen LogP contribution in [0.2, 0.25) is 0 Å². The molecule has 2 aliphatic rings. The lowest BCUT2D eigenvalue weighted by molar-refractivity contribution is -0.156. The number of rotatable bonds is 1. The second-order valence-corrected chi connectivity index (χ2v) is 3.51. The third kappa shape index (κ3) is 1.65. The van der Waals surface area contributed by atoms with E-state index in [0.717, 1.165) is 0 Å². The van der Waals surface area contributed by atoms with E-state index < -0.39 is 18.6 Å². The largest absolute Gasteiger partial charge is 0.368 e. The molecule has 13 heavy (non-hydrogen) atoms. The van der Waals surface area contributed by atoms with Gasteiger partial charge in [0.05, 0.1) is 13.2 Å². The highest BCUT2D eigenvalue weighted by molar-refractivity contribution is 5.81. The average Bonchev–Trinajstić information content (AvgIpc) is 2.26. The molecule has 0 aromatic carbocycles. The topological polar surface area (TPSA) is 29.5 Å². The van der Waals surface area contributed by atoms with Gasteiger partial charge in [-0.3, -0.25) is 4.79 Å². The van der Waals surface area contributed by atoms with Crippen molar-refractivity contribution < 1.29 is 18.3 Å². The van der Waals surface area contributed by atoms with Gasteiger partial charge >= 0.3 is 0 Å². The van der Waals surface area contributed by atoms with Crippen LogP contribution >= 0.6 is 0 Å². The minimum Gasteiger partial charge on any atom is -0.368 e. The number of ether oxygens (including phenoxy) is 1. The van der Waals surface area contributed by atoms with Crippen LogP contribution in [-0.4, -0.2) is 42.5 Å². The Labute approximate surface area is 74.6 Å². The standard InChI is InChI=1S/C8H11F2NO2/c9-8(10)2-3-11(5-8)7(12)6-1-4-13-6/h6H,1-5H2. The summed E-state index contributed by atoms with van der Waals surface area (Å²) >= 11 is 0. The molecular weight excluding hydrogens is 180 g/mol. The van der Waals surface area contributed by atoms with Gasteiger partial charge in [0.2, 0.25) is 0 Å². The van der Waals surface area contributed by atoms with Crippen molar-refractivity contribution in [1.82, 2.24) is 4.90 Å². The van der Waals surface area contributed by atoms with Gasteiger partial charge in [-0.1, -0.05) is 0 Å². The van der Waals surface area contributed by atoms with Crippen molar-refractivity contribution in [2.24, 2.45) is 0 Å². The summed E-state index contributed by atoms with van der Waals surface area (Å²) in [6.07, 6.45) is 0.000666. The number of amides is 1. The zero-order valence-corrected chi connectivity index (χ0v) is 7.13. The van der Waals surface area contributed by atoms with Gasteiger partial charge < -0.3 is 9.64 Å². The Hall–Kier alpha value is -0.710. The number of carbonyl (C=O) groups excluding carboxylic acids is 1. The van der Waals surface area contributed by atoms with Crippen LogP contribution in [0, 0.1) is 0 Å². The fraction of sp³-hybridized carbons (Fsp3) is 0.875. The Kier molecular flexibility index (Phi) is 1.98. The van der Waals surface area contributed by atoms with Crippen LogP contribution in [0.15, 0.2) is 0 Å². The quantitative estimate of drug-likeness (QED) is 0.608. The monoisotopic (exact) mass is 191 g/mol. The second kappa shape index (κ2) is 2.90. The molecule has 5 heteroatoms. The highest BCUT2D eigenvalue weighted by atomic mass is 19.3. The summed E-state index contributed by atoms with van der Waals surface area (Å²) in [5.41, 5.74) is 0. The number of hydrogen-bond acceptors (Lipinski definition) is 2. The summed E-state index contributed by atoms with van der Waals surface area (Å²) in [4.78, 5) is 12.6. The van der Waals surface area contributed by atoms with E-state index in [9.17, 15) is 13.6 Å². The zero-order chi connectivity index (χ0) is 9.47. The zero-order valence-electron chi connectivity index (χ0n) is 7.13. The van der Waals surface area contributed by atoms with Gasteiger partial charge in [-0.25, -0.2) is 8.78 Å². The van der Waals surface area contributed by atoms with Gasteiger partial charge in [0, 0.05) is 19.4 Å². The van der Waals surface area contributed by atoms with Crippen molar-refractivity contribution in [2.75, 3.05) is 19.7 Å². The van der Waals surface area contributed by atoms with Gasteiger partial charge in [-0.2, -0.15) is 0 Å². The summed E-state index contributed by atoms with van der Waals surface area (Å²) < 4.78 is 30.3. The Morgan fingerprint density at radius 2 is 2.23 bits per heavy atom. The van der Waals surface area contributed by atoms with Crippen molar-refractivity contribution in [3.05, 3.63) is 0 Å². The summed E-state index contributed by atoms with van der Waals surface area (Å²) in [6, 6.07) is 0. The predicted molar refractivity (Wildman–Crippen MR) is 40.5 cm³/mol. The van der Waals surface area contributed by atoms with E-state index in [1.807, 2.05) is 0 Å². The Morgan fingerprint density at radius 3 is 2.62 bits per heavy atom. The van der Waals surface area contributed by atoms with Gasteiger partial charge in [0.1, 0.15) is 6.10 Å². The summed E-state index contributed by atoms with van der Waals surface area (Å²) in [6.45, 7) is 0.290. The maximum Gasteiger partial charge on any atom is 0.267 e. The molecule has 0 bridgehead atoms. The molecule has 1 amide bonds. The van der Waals surface area contributed by atoms with E-state index in [1.165, 1.54) is 4.90 Å². The molecule has 74 valence electrons. The minimum atomic E-state index is -2.70. The van der Waals surface area contributed by atoms with E-state index in [-0.39, 0.29) is 18.9 Å². The van der Waals surface area contributed by atoms with Crippen LogP contribution in [0.1, 0.15) is 12.8 Å². The Bertz CT molecular complexity index is 228. The van der Waals surface area contributed by atoms with Crippen LogP contribution in [0.5, 0.6) is 0 Å². The maximum absolute atomic E-state index is 12.7. The SMILES string of the molecule is O=C(C1CCO1)N1CCC(F)(F)C1. The van der Waals surface area contributed by atoms with E-state index in [0.29, 0.717) is 13.0 Å². The highest BCUT2D eigenvalue weighted by Gasteiger charge is 2.43. The van der Waals surface area contributed by atoms with E-state index in [1.54, 1.807) is 0 Å². The molecule has 2 rings (SSSR count). The first-order chi connectivity index (χ1) is 6.08. The molecule has 0 aliphatic carbocycles. The minimum absolute atomic E-state index is 0.158. The number of alkyl halides is 2. The van der Waals surface area contributed by atoms with E-state index >= 15 is 0 Å². The van der Waals surface area contributed by atoms with Gasteiger partial charge in [0.15, 0.2) is 0 Å². The molecule has 0 N–H and O–H groups in total. The van der Waals surface area contributed by atoms with Crippen LogP contribution in [0.4, 0.5) is 8.78 Å². The number of likely N-dealkylation sites (tertiary alicyclic amines) is 1. The molecule has 2 fully saturated rings. The molecule has 3 nitrogen and oxygen atoms in total. The second-order valence-electron chi connectivity index (χ2n) is 3.51. The molecule has 0 aromatic heterocycles. The molecule has 1 unspecified atom stereocenters. The molecule has 0 aromatic rings. The highest BCUT2D eigenvalue weighted by Crippen LogP contribution is 2.28. The van der Waals surface area contributed by atoms with Crippen LogP contribution in [0.25, 0.3) is 0 Å². The molecule has 1 atom stereocenters. The molecule has 0 radical (unpaired) electrons. The number of carbonyl (C=O) groups is 1. The lowest BCUT2D eigenvalue weighted by Gasteiger charge is -2.29. The van der Waals surface area contributed by atoms with Gasteiger partial charge in [-0.05, 0) is 0 Å². The fourth-order valence-corrected chi connectivity index (χ4v) is 1.56. The van der Waals surface area contributed by atoms with Crippen molar-refractivity contribution in [3.8, 4) is 0 Å². The summed E-state index contributed by atoms with van der Waals surface area (Å²) in [5, 5.41) is 0. The van der Waals surface area contributed by atoms with E-state index in [4.69, 9.17) is 4.74 Å². The van der Waals surface area contributed by atoms with Crippen molar-refractivity contribution in [3.63, 3.8) is 0 Å². The van der Waals surface area contributed by atoms with E-state index in [2.05, 4.69) is 0 Å². The van der Waals surface area contributed by atoms with Crippen molar-refractivity contribution >= 4 is 5.91 Å².